The fourth-order valence-corrected chi connectivity index (χ4v) is 7.93. The van der Waals surface area contributed by atoms with E-state index >= 15 is 0 Å². The minimum absolute atomic E-state index is 0.0467. The fourth-order valence-electron chi connectivity index (χ4n) is 3.32. The Balaban J connectivity index is 2.11. The number of aliphatic imine (C=N–C) groups is 1. The van der Waals surface area contributed by atoms with Crippen molar-refractivity contribution >= 4 is 54.3 Å². The number of anilines is 1. The summed E-state index contributed by atoms with van der Waals surface area (Å²) in [4.78, 5) is 17.8. The molecule has 0 aromatic heterocycles. The first kappa shape index (κ1) is 18.4. The first-order valence-corrected chi connectivity index (χ1v) is 11.1. The zero-order chi connectivity index (χ0) is 18.4. The molecule has 3 rings (SSSR count). The number of hydrogen-bond donors (Lipinski definition) is 0. The standard InChI is InChI=1S/C16H16BrN3O3S2/c1-9-5-11(17)6-10(2)15(9)20-12-7-25(22,23)8-13(12)24-16(20)19-14(21)3-4-18/h5-6,12-13H,3,7-8H2,1-2H3/t12-,13+/m1/s1. The van der Waals surface area contributed by atoms with E-state index in [1.54, 1.807) is 6.07 Å². The predicted octanol–water partition coefficient (Wildman–Crippen LogP) is 2.58. The summed E-state index contributed by atoms with van der Waals surface area (Å²) in [6.07, 6.45) is -0.288. The van der Waals surface area contributed by atoms with Crippen LogP contribution in [0.3, 0.4) is 0 Å². The molecule has 1 amide bonds. The number of carbonyl (C=O) groups is 1. The summed E-state index contributed by atoms with van der Waals surface area (Å²) in [5.74, 6) is -0.380. The Bertz CT molecular complexity index is 898. The molecule has 0 N–H and O–H groups in total. The molecule has 0 unspecified atom stereocenters. The Morgan fingerprint density at radius 2 is 2.04 bits per heavy atom. The number of rotatable bonds is 2. The summed E-state index contributed by atoms with van der Waals surface area (Å²) < 4.78 is 25.1. The van der Waals surface area contributed by atoms with Crippen LogP contribution in [0.5, 0.6) is 0 Å². The van der Waals surface area contributed by atoms with Gasteiger partial charge in [-0.2, -0.15) is 10.3 Å². The van der Waals surface area contributed by atoms with E-state index in [1.807, 2.05) is 30.9 Å². The molecule has 1 aromatic rings. The molecule has 2 aliphatic heterocycles. The third-order valence-corrected chi connectivity index (χ3v) is 7.88. The zero-order valence-corrected chi connectivity index (χ0v) is 16.9. The number of aryl methyl sites for hydroxylation is 2. The molecule has 2 aliphatic rings. The summed E-state index contributed by atoms with van der Waals surface area (Å²) in [5, 5.41) is 9.03. The number of carbonyl (C=O) groups excluding carboxylic acids is 1. The van der Waals surface area contributed by atoms with Crippen molar-refractivity contribution in [2.24, 2.45) is 4.99 Å². The van der Waals surface area contributed by atoms with Gasteiger partial charge in [0, 0.05) is 15.4 Å². The summed E-state index contributed by atoms with van der Waals surface area (Å²) in [6, 6.07) is 5.47. The first-order valence-electron chi connectivity index (χ1n) is 7.63. The van der Waals surface area contributed by atoms with Gasteiger partial charge in [-0.05, 0) is 37.1 Å². The van der Waals surface area contributed by atoms with Gasteiger partial charge in [-0.3, -0.25) is 4.79 Å². The van der Waals surface area contributed by atoms with Crippen molar-refractivity contribution in [2.75, 3.05) is 16.4 Å². The van der Waals surface area contributed by atoms with Crippen LogP contribution in [0.4, 0.5) is 5.69 Å². The van der Waals surface area contributed by atoms with Gasteiger partial charge >= 0.3 is 0 Å². The smallest absolute Gasteiger partial charge is 0.262 e. The number of halogens is 1. The van der Waals surface area contributed by atoms with Gasteiger partial charge in [-0.25, -0.2) is 8.42 Å². The summed E-state index contributed by atoms with van der Waals surface area (Å²) in [6.45, 7) is 3.90. The lowest BCUT2D eigenvalue weighted by molar-refractivity contribution is -0.116. The number of nitriles is 1. The van der Waals surface area contributed by atoms with Crippen LogP contribution in [0.2, 0.25) is 0 Å². The molecule has 2 fully saturated rings. The quantitative estimate of drug-likeness (QED) is 0.700. The second kappa shape index (κ2) is 6.74. The molecular formula is C16H16BrN3O3S2. The highest BCUT2D eigenvalue weighted by molar-refractivity contribution is 9.10. The molecular weight excluding hydrogens is 426 g/mol. The van der Waals surface area contributed by atoms with E-state index in [-0.39, 0.29) is 29.2 Å². The Kier molecular flexibility index (Phi) is 4.97. The lowest BCUT2D eigenvalue weighted by Gasteiger charge is -2.28. The van der Waals surface area contributed by atoms with E-state index in [9.17, 15) is 13.2 Å². The second-order valence-corrected chi connectivity index (χ2v) is 10.5. The summed E-state index contributed by atoms with van der Waals surface area (Å²) >= 11 is 4.78. The van der Waals surface area contributed by atoms with Crippen LogP contribution in [-0.2, 0) is 14.6 Å². The van der Waals surface area contributed by atoms with Crippen molar-refractivity contribution in [3.63, 3.8) is 0 Å². The highest BCUT2D eigenvalue weighted by Crippen LogP contribution is 2.43. The van der Waals surface area contributed by atoms with Crippen LogP contribution in [0.1, 0.15) is 17.5 Å². The Morgan fingerprint density at radius 3 is 2.64 bits per heavy atom. The topological polar surface area (TPSA) is 90.6 Å². The van der Waals surface area contributed by atoms with Crippen molar-refractivity contribution in [3.05, 3.63) is 27.7 Å². The summed E-state index contributed by atoms with van der Waals surface area (Å²) in [7, 11) is -3.11. The average Bonchev–Trinajstić information content (AvgIpc) is 2.91. The minimum Gasteiger partial charge on any atom is -0.315 e. The molecule has 6 nitrogen and oxygen atoms in total. The molecule has 0 spiro atoms. The lowest BCUT2D eigenvalue weighted by Crippen LogP contribution is -2.38. The van der Waals surface area contributed by atoms with Gasteiger partial charge in [-0.15, -0.1) is 0 Å². The fraction of sp³-hybridized carbons (Fsp3) is 0.438. The van der Waals surface area contributed by atoms with Crippen LogP contribution in [0, 0.1) is 25.2 Å². The third kappa shape index (κ3) is 3.61. The van der Waals surface area contributed by atoms with Gasteiger partial charge in [0.15, 0.2) is 15.0 Å². The molecule has 0 bridgehead atoms. The predicted molar refractivity (Wildman–Crippen MR) is 103 cm³/mol. The van der Waals surface area contributed by atoms with Crippen molar-refractivity contribution in [2.45, 2.75) is 31.6 Å². The van der Waals surface area contributed by atoms with Gasteiger partial charge in [0.25, 0.3) is 5.91 Å². The molecule has 0 aliphatic carbocycles. The molecule has 25 heavy (non-hydrogen) atoms. The van der Waals surface area contributed by atoms with Crippen LogP contribution in [-0.4, -0.2) is 42.3 Å². The highest BCUT2D eigenvalue weighted by atomic mass is 79.9. The first-order chi connectivity index (χ1) is 11.7. The van der Waals surface area contributed by atoms with E-state index < -0.39 is 15.7 Å². The molecule has 2 atom stereocenters. The van der Waals surface area contributed by atoms with Crippen molar-refractivity contribution in [1.29, 1.82) is 5.26 Å². The van der Waals surface area contributed by atoms with Crippen molar-refractivity contribution < 1.29 is 13.2 Å². The minimum atomic E-state index is -3.11. The number of thioether (sulfide) groups is 1. The number of sulfone groups is 1. The maximum absolute atomic E-state index is 12.1. The Hall–Kier alpha value is -1.37. The van der Waals surface area contributed by atoms with Crippen LogP contribution < -0.4 is 4.90 Å². The highest BCUT2D eigenvalue weighted by Gasteiger charge is 2.50. The molecule has 0 radical (unpaired) electrons. The van der Waals surface area contributed by atoms with Gasteiger partial charge < -0.3 is 4.90 Å². The normalized spacial score (nSPS) is 25.8. The molecule has 132 valence electrons. The number of amides is 1. The van der Waals surface area contributed by atoms with E-state index in [2.05, 4.69) is 20.9 Å². The lowest BCUT2D eigenvalue weighted by atomic mass is 10.1. The van der Waals surface area contributed by atoms with E-state index in [4.69, 9.17) is 5.26 Å². The maximum atomic E-state index is 12.1. The average molecular weight is 442 g/mol. The Morgan fingerprint density at radius 1 is 1.40 bits per heavy atom. The van der Waals surface area contributed by atoms with Gasteiger partial charge in [0.05, 0.1) is 23.6 Å². The van der Waals surface area contributed by atoms with E-state index in [0.717, 1.165) is 21.3 Å². The van der Waals surface area contributed by atoms with Gasteiger partial charge in [-0.1, -0.05) is 27.7 Å². The number of amidine groups is 1. The zero-order valence-electron chi connectivity index (χ0n) is 13.7. The van der Waals surface area contributed by atoms with E-state index in [0.29, 0.717) is 5.17 Å². The summed E-state index contributed by atoms with van der Waals surface area (Å²) in [5.41, 5.74) is 2.82. The van der Waals surface area contributed by atoms with Crippen molar-refractivity contribution in [3.8, 4) is 6.07 Å². The van der Waals surface area contributed by atoms with Gasteiger partial charge in [0.1, 0.15) is 6.42 Å². The SMILES string of the molecule is Cc1cc(Br)cc(C)c1N1C(=NC(=O)CC#N)S[C@H]2CS(=O)(=O)C[C@H]21. The second-order valence-electron chi connectivity index (χ2n) is 6.18. The number of nitrogens with zero attached hydrogens (tertiary/aromatic N) is 3. The van der Waals surface area contributed by atoms with Crippen LogP contribution >= 0.6 is 27.7 Å². The number of hydrogen-bond acceptors (Lipinski definition) is 5. The van der Waals surface area contributed by atoms with Gasteiger partial charge in [0.2, 0.25) is 0 Å². The molecule has 2 saturated heterocycles. The molecule has 0 saturated carbocycles. The van der Waals surface area contributed by atoms with E-state index in [1.165, 1.54) is 11.8 Å². The largest absolute Gasteiger partial charge is 0.315 e. The van der Waals surface area contributed by atoms with Crippen LogP contribution in [0.15, 0.2) is 21.6 Å². The number of fused-ring (bicyclic) bond motifs is 1. The van der Waals surface area contributed by atoms with Crippen molar-refractivity contribution in [1.82, 2.24) is 0 Å². The molecule has 1 aromatic carbocycles. The maximum Gasteiger partial charge on any atom is 0.262 e. The third-order valence-electron chi connectivity index (χ3n) is 4.21. The number of benzene rings is 1. The molecule has 9 heteroatoms. The molecule has 2 heterocycles. The van der Waals surface area contributed by atoms with Crippen LogP contribution in [0.25, 0.3) is 0 Å². The Labute approximate surface area is 159 Å². The monoisotopic (exact) mass is 441 g/mol.